The normalized spacial score (nSPS) is 15.5. The van der Waals surface area contributed by atoms with Crippen LogP contribution in [0.1, 0.15) is 19.8 Å². The highest BCUT2D eigenvalue weighted by molar-refractivity contribution is 9.10. The number of rotatable bonds is 7. The molecule has 0 saturated carbocycles. The van der Waals surface area contributed by atoms with Crippen molar-refractivity contribution in [2.24, 2.45) is 0 Å². The molecule has 0 radical (unpaired) electrons. The average Bonchev–Trinajstić information content (AvgIpc) is 3.19. The number of benzene rings is 2. The van der Waals surface area contributed by atoms with Gasteiger partial charge in [-0.05, 0) is 62.2 Å². The molecule has 1 saturated heterocycles. The van der Waals surface area contributed by atoms with Crippen LogP contribution in [0.5, 0.6) is 5.75 Å². The molecular weight excluding hydrogens is 468 g/mol. The van der Waals surface area contributed by atoms with Crippen LogP contribution in [0, 0.1) is 0 Å². The molecule has 1 aliphatic rings. The fourth-order valence-electron chi connectivity index (χ4n) is 2.95. The molecule has 0 aromatic heterocycles. The van der Waals surface area contributed by atoms with Crippen molar-refractivity contribution in [2.45, 2.75) is 29.6 Å². The largest absolute Gasteiger partial charge is 0.492 e. The lowest BCUT2D eigenvalue weighted by Crippen LogP contribution is -2.27. The maximum atomic E-state index is 12.8. The van der Waals surface area contributed by atoms with Crippen LogP contribution in [-0.2, 0) is 20.0 Å². The van der Waals surface area contributed by atoms with Gasteiger partial charge in [0.25, 0.3) is 10.0 Å². The number of anilines is 1. The van der Waals surface area contributed by atoms with E-state index in [1.54, 1.807) is 19.1 Å². The van der Waals surface area contributed by atoms with E-state index in [9.17, 15) is 16.8 Å². The summed E-state index contributed by atoms with van der Waals surface area (Å²) in [6.07, 6.45) is 1.71. The molecule has 1 N–H and O–H groups in total. The second-order valence-corrected chi connectivity index (χ2v) is 10.8. The molecule has 28 heavy (non-hydrogen) atoms. The van der Waals surface area contributed by atoms with E-state index in [1.807, 2.05) is 0 Å². The zero-order chi connectivity index (χ0) is 20.4. The van der Waals surface area contributed by atoms with Gasteiger partial charge < -0.3 is 4.74 Å². The first-order valence-corrected chi connectivity index (χ1v) is 12.5. The summed E-state index contributed by atoms with van der Waals surface area (Å²) in [5.41, 5.74) is 0.266. The Balaban J connectivity index is 1.85. The van der Waals surface area contributed by atoms with Gasteiger partial charge in [0.05, 0.1) is 11.5 Å². The SMILES string of the molecule is CCOc1ccc(Br)cc1S(=O)(=O)Nc1ccc(S(=O)(=O)N2CCCC2)cc1. The molecule has 10 heteroatoms. The monoisotopic (exact) mass is 488 g/mol. The minimum atomic E-state index is -3.92. The lowest BCUT2D eigenvalue weighted by molar-refractivity contribution is 0.331. The lowest BCUT2D eigenvalue weighted by Gasteiger charge is -2.16. The standard InChI is InChI=1S/C18H21BrN2O5S2/c1-2-26-17-10-5-14(19)13-18(17)27(22,23)20-15-6-8-16(9-7-15)28(24,25)21-11-3-4-12-21/h5-10,13,20H,2-4,11-12H2,1H3. The number of ether oxygens (including phenoxy) is 1. The Labute approximate surface area is 173 Å². The Hall–Kier alpha value is -1.62. The number of nitrogens with zero attached hydrogens (tertiary/aromatic N) is 1. The van der Waals surface area contributed by atoms with Crippen LogP contribution in [0.15, 0.2) is 56.7 Å². The molecule has 1 fully saturated rings. The first-order chi connectivity index (χ1) is 13.2. The third-order valence-corrected chi connectivity index (χ3v) is 8.11. The van der Waals surface area contributed by atoms with Crippen molar-refractivity contribution >= 4 is 41.7 Å². The van der Waals surface area contributed by atoms with Crippen molar-refractivity contribution in [1.82, 2.24) is 4.31 Å². The highest BCUT2D eigenvalue weighted by atomic mass is 79.9. The summed E-state index contributed by atoms with van der Waals surface area (Å²) in [5.74, 6) is 0.242. The molecule has 7 nitrogen and oxygen atoms in total. The summed E-state index contributed by atoms with van der Waals surface area (Å²) >= 11 is 3.27. The number of hydrogen-bond acceptors (Lipinski definition) is 5. The molecule has 2 aromatic rings. The molecule has 0 atom stereocenters. The summed E-state index contributed by atoms with van der Waals surface area (Å²) in [6, 6.07) is 10.4. The van der Waals surface area contributed by atoms with E-state index in [4.69, 9.17) is 4.74 Å². The molecule has 1 heterocycles. The predicted molar refractivity (Wildman–Crippen MR) is 111 cm³/mol. The van der Waals surface area contributed by atoms with E-state index >= 15 is 0 Å². The van der Waals surface area contributed by atoms with Gasteiger partial charge in [-0.25, -0.2) is 16.8 Å². The third kappa shape index (κ3) is 4.51. The predicted octanol–water partition coefficient (Wildman–Crippen LogP) is 3.43. The van der Waals surface area contributed by atoms with Crippen LogP contribution in [0.25, 0.3) is 0 Å². The van der Waals surface area contributed by atoms with Crippen LogP contribution in [-0.4, -0.2) is 40.8 Å². The lowest BCUT2D eigenvalue weighted by atomic mass is 10.3. The maximum Gasteiger partial charge on any atom is 0.265 e. The van der Waals surface area contributed by atoms with E-state index in [2.05, 4.69) is 20.7 Å². The highest BCUT2D eigenvalue weighted by Crippen LogP contribution is 2.30. The summed E-state index contributed by atoms with van der Waals surface area (Å²) in [5, 5.41) is 0. The van der Waals surface area contributed by atoms with E-state index in [0.717, 1.165) is 12.8 Å². The topological polar surface area (TPSA) is 92.8 Å². The van der Waals surface area contributed by atoms with E-state index < -0.39 is 20.0 Å². The van der Waals surface area contributed by atoms with Gasteiger partial charge in [0.15, 0.2) is 0 Å². The van der Waals surface area contributed by atoms with Crippen molar-refractivity contribution < 1.29 is 21.6 Å². The molecule has 3 rings (SSSR count). The molecule has 0 unspecified atom stereocenters. The Morgan fingerprint density at radius 3 is 2.29 bits per heavy atom. The van der Waals surface area contributed by atoms with Gasteiger partial charge in [-0.15, -0.1) is 0 Å². The summed E-state index contributed by atoms with van der Waals surface area (Å²) < 4.78 is 60.7. The summed E-state index contributed by atoms with van der Waals surface area (Å²) in [6.45, 7) is 3.12. The molecule has 0 aliphatic carbocycles. The van der Waals surface area contributed by atoms with Crippen LogP contribution in [0.2, 0.25) is 0 Å². The Kier molecular flexibility index (Phi) is 6.33. The van der Waals surface area contributed by atoms with Gasteiger partial charge in [-0.1, -0.05) is 15.9 Å². The van der Waals surface area contributed by atoms with Crippen molar-refractivity contribution in [2.75, 3.05) is 24.4 Å². The maximum absolute atomic E-state index is 12.8. The number of nitrogens with one attached hydrogen (secondary N) is 1. The Morgan fingerprint density at radius 2 is 1.68 bits per heavy atom. The van der Waals surface area contributed by atoms with Crippen molar-refractivity contribution in [3.05, 3.63) is 46.9 Å². The second kappa shape index (κ2) is 8.40. The zero-order valence-corrected chi connectivity index (χ0v) is 18.5. The number of hydrogen-bond donors (Lipinski definition) is 1. The third-order valence-electron chi connectivity index (χ3n) is 4.30. The first kappa shape index (κ1) is 21.1. The molecule has 2 aromatic carbocycles. The van der Waals surface area contributed by atoms with E-state index in [0.29, 0.717) is 24.2 Å². The fraction of sp³-hybridized carbons (Fsp3) is 0.333. The molecular formula is C18H21BrN2O5S2. The molecule has 0 spiro atoms. The van der Waals surface area contributed by atoms with Crippen molar-refractivity contribution in [3.63, 3.8) is 0 Å². The number of sulfonamides is 2. The fourth-order valence-corrected chi connectivity index (χ4v) is 6.21. The minimum Gasteiger partial charge on any atom is -0.492 e. The van der Waals surface area contributed by atoms with Gasteiger partial charge in [0.2, 0.25) is 10.0 Å². The van der Waals surface area contributed by atoms with Crippen molar-refractivity contribution in [3.8, 4) is 5.75 Å². The molecule has 0 bridgehead atoms. The van der Waals surface area contributed by atoms with E-state index in [1.165, 1.54) is 34.6 Å². The van der Waals surface area contributed by atoms with Gasteiger partial charge in [-0.2, -0.15) is 4.31 Å². The van der Waals surface area contributed by atoms with E-state index in [-0.39, 0.29) is 21.2 Å². The number of halogens is 1. The minimum absolute atomic E-state index is 0.00232. The van der Waals surface area contributed by atoms with Crippen LogP contribution in [0.3, 0.4) is 0 Å². The van der Waals surface area contributed by atoms with Gasteiger partial charge in [-0.3, -0.25) is 4.72 Å². The average molecular weight is 489 g/mol. The summed E-state index contributed by atoms with van der Waals surface area (Å²) in [4.78, 5) is 0.146. The molecule has 1 aliphatic heterocycles. The molecule has 152 valence electrons. The highest BCUT2D eigenvalue weighted by Gasteiger charge is 2.27. The van der Waals surface area contributed by atoms with Gasteiger partial charge >= 0.3 is 0 Å². The Morgan fingerprint density at radius 1 is 1.04 bits per heavy atom. The van der Waals surface area contributed by atoms with Crippen LogP contribution in [0.4, 0.5) is 5.69 Å². The second-order valence-electron chi connectivity index (χ2n) is 6.27. The van der Waals surface area contributed by atoms with Crippen LogP contribution >= 0.6 is 15.9 Å². The van der Waals surface area contributed by atoms with Gasteiger partial charge in [0.1, 0.15) is 10.6 Å². The first-order valence-electron chi connectivity index (χ1n) is 8.79. The summed E-state index contributed by atoms with van der Waals surface area (Å²) in [7, 11) is -7.46. The van der Waals surface area contributed by atoms with Crippen LogP contribution < -0.4 is 9.46 Å². The van der Waals surface area contributed by atoms with Crippen molar-refractivity contribution in [1.29, 1.82) is 0 Å². The zero-order valence-electron chi connectivity index (χ0n) is 15.3. The van der Waals surface area contributed by atoms with Gasteiger partial charge in [0, 0.05) is 23.2 Å². The smallest absolute Gasteiger partial charge is 0.265 e. The quantitative estimate of drug-likeness (QED) is 0.644. The Bertz CT molecular complexity index is 1050. The molecule has 0 amide bonds.